The zero-order valence-electron chi connectivity index (χ0n) is 11.7. The monoisotopic (exact) mass is 311 g/mol. The SMILES string of the molecule is CC(=O)Nc1ccc(Cl)c(NC(=O)CC2COCCN2)c1. The topological polar surface area (TPSA) is 79.5 Å². The fourth-order valence-corrected chi connectivity index (χ4v) is 2.24. The van der Waals surface area contributed by atoms with Crippen LogP contribution in [0.3, 0.4) is 0 Å². The van der Waals surface area contributed by atoms with Crippen LogP contribution in [0.2, 0.25) is 5.02 Å². The van der Waals surface area contributed by atoms with E-state index in [4.69, 9.17) is 16.3 Å². The number of halogens is 1. The summed E-state index contributed by atoms with van der Waals surface area (Å²) < 4.78 is 5.30. The van der Waals surface area contributed by atoms with Crippen LogP contribution in [0.4, 0.5) is 11.4 Å². The van der Waals surface area contributed by atoms with Gasteiger partial charge in [-0.15, -0.1) is 0 Å². The average Bonchev–Trinajstić information content (AvgIpc) is 2.43. The van der Waals surface area contributed by atoms with Crippen molar-refractivity contribution in [1.29, 1.82) is 0 Å². The molecule has 1 unspecified atom stereocenters. The third-order valence-electron chi connectivity index (χ3n) is 2.99. The lowest BCUT2D eigenvalue weighted by atomic mass is 10.2. The molecule has 6 nitrogen and oxygen atoms in total. The Morgan fingerprint density at radius 1 is 1.43 bits per heavy atom. The molecule has 21 heavy (non-hydrogen) atoms. The lowest BCUT2D eigenvalue weighted by molar-refractivity contribution is -0.117. The van der Waals surface area contributed by atoms with E-state index < -0.39 is 0 Å². The molecular weight excluding hydrogens is 294 g/mol. The third-order valence-corrected chi connectivity index (χ3v) is 3.32. The smallest absolute Gasteiger partial charge is 0.226 e. The van der Waals surface area contributed by atoms with Crippen LogP contribution in [0.5, 0.6) is 0 Å². The molecule has 0 aromatic heterocycles. The molecule has 1 aliphatic heterocycles. The van der Waals surface area contributed by atoms with Gasteiger partial charge in [-0.2, -0.15) is 0 Å². The van der Waals surface area contributed by atoms with Crippen molar-refractivity contribution in [3.05, 3.63) is 23.2 Å². The van der Waals surface area contributed by atoms with E-state index in [1.54, 1.807) is 18.2 Å². The van der Waals surface area contributed by atoms with Crippen LogP contribution in [0.25, 0.3) is 0 Å². The minimum atomic E-state index is -0.182. The van der Waals surface area contributed by atoms with Gasteiger partial charge in [0.2, 0.25) is 11.8 Å². The zero-order chi connectivity index (χ0) is 15.2. The molecule has 7 heteroatoms. The van der Waals surface area contributed by atoms with Gasteiger partial charge in [-0.1, -0.05) is 11.6 Å². The summed E-state index contributed by atoms with van der Waals surface area (Å²) in [6.07, 6.45) is 0.306. The van der Waals surface area contributed by atoms with Crippen LogP contribution in [0.15, 0.2) is 18.2 Å². The fraction of sp³-hybridized carbons (Fsp3) is 0.429. The lowest BCUT2D eigenvalue weighted by Crippen LogP contribution is -2.43. The van der Waals surface area contributed by atoms with Crippen LogP contribution in [0.1, 0.15) is 13.3 Å². The number of benzene rings is 1. The Bertz CT molecular complexity index is 530. The predicted octanol–water partition coefficient (Wildman–Crippen LogP) is 1.62. The summed E-state index contributed by atoms with van der Waals surface area (Å²) in [7, 11) is 0. The first-order chi connectivity index (χ1) is 10.0. The van der Waals surface area contributed by atoms with E-state index in [2.05, 4.69) is 16.0 Å². The van der Waals surface area contributed by atoms with E-state index in [0.29, 0.717) is 36.0 Å². The van der Waals surface area contributed by atoms with Gasteiger partial charge in [0.15, 0.2) is 0 Å². The minimum Gasteiger partial charge on any atom is -0.378 e. The highest BCUT2D eigenvalue weighted by Gasteiger charge is 2.17. The molecule has 2 rings (SSSR count). The second kappa shape index (κ2) is 7.40. The van der Waals surface area contributed by atoms with Crippen LogP contribution in [-0.2, 0) is 14.3 Å². The van der Waals surface area contributed by atoms with E-state index in [9.17, 15) is 9.59 Å². The van der Waals surface area contributed by atoms with Crippen molar-refractivity contribution in [3.63, 3.8) is 0 Å². The van der Waals surface area contributed by atoms with Crippen molar-refractivity contribution in [2.45, 2.75) is 19.4 Å². The number of carbonyl (C=O) groups is 2. The first-order valence-electron chi connectivity index (χ1n) is 6.72. The molecule has 1 heterocycles. The molecule has 3 N–H and O–H groups in total. The maximum atomic E-state index is 12.0. The van der Waals surface area contributed by atoms with E-state index in [0.717, 1.165) is 6.54 Å². The number of nitrogens with one attached hydrogen (secondary N) is 3. The van der Waals surface area contributed by atoms with Gasteiger partial charge in [0, 0.05) is 31.6 Å². The minimum absolute atomic E-state index is 0.0102. The molecule has 0 saturated carbocycles. The van der Waals surface area contributed by atoms with Crippen molar-refractivity contribution in [2.24, 2.45) is 0 Å². The molecule has 0 bridgehead atoms. The van der Waals surface area contributed by atoms with Gasteiger partial charge in [0.1, 0.15) is 0 Å². The summed E-state index contributed by atoms with van der Waals surface area (Å²) in [4.78, 5) is 23.1. The quantitative estimate of drug-likeness (QED) is 0.789. The Labute approximate surface area is 128 Å². The number of ether oxygens (including phenoxy) is 1. The standard InChI is InChI=1S/C14H18ClN3O3/c1-9(19)17-10-2-3-12(15)13(6-10)18-14(20)7-11-8-21-5-4-16-11/h2-3,6,11,16H,4-5,7-8H2,1H3,(H,17,19)(H,18,20). The molecule has 1 aliphatic rings. The van der Waals surface area contributed by atoms with Gasteiger partial charge >= 0.3 is 0 Å². The molecule has 0 spiro atoms. The van der Waals surface area contributed by atoms with Crippen molar-refractivity contribution in [1.82, 2.24) is 5.32 Å². The Morgan fingerprint density at radius 3 is 2.90 bits per heavy atom. The maximum Gasteiger partial charge on any atom is 0.226 e. The second-order valence-corrected chi connectivity index (χ2v) is 5.26. The summed E-state index contributed by atoms with van der Waals surface area (Å²) in [5.74, 6) is -0.335. The summed E-state index contributed by atoms with van der Waals surface area (Å²) in [6.45, 7) is 3.36. The highest BCUT2D eigenvalue weighted by atomic mass is 35.5. The number of hydrogen-bond acceptors (Lipinski definition) is 4. The summed E-state index contributed by atoms with van der Waals surface area (Å²) in [5, 5.41) is 9.03. The van der Waals surface area contributed by atoms with Crippen LogP contribution in [-0.4, -0.2) is 37.6 Å². The highest BCUT2D eigenvalue weighted by Crippen LogP contribution is 2.25. The summed E-state index contributed by atoms with van der Waals surface area (Å²) >= 11 is 6.05. The van der Waals surface area contributed by atoms with Gasteiger partial charge in [0.25, 0.3) is 0 Å². The van der Waals surface area contributed by atoms with Gasteiger partial charge in [0.05, 0.1) is 23.9 Å². The number of carbonyl (C=O) groups excluding carboxylic acids is 2. The van der Waals surface area contributed by atoms with Gasteiger partial charge in [-0.3, -0.25) is 9.59 Å². The highest BCUT2D eigenvalue weighted by molar-refractivity contribution is 6.33. The van der Waals surface area contributed by atoms with Crippen molar-refractivity contribution in [3.8, 4) is 0 Å². The molecule has 114 valence electrons. The molecule has 1 saturated heterocycles. The van der Waals surface area contributed by atoms with Crippen LogP contribution in [0, 0.1) is 0 Å². The molecule has 0 radical (unpaired) electrons. The molecule has 2 amide bonds. The number of hydrogen-bond donors (Lipinski definition) is 3. The Balaban J connectivity index is 1.97. The molecule has 1 fully saturated rings. The van der Waals surface area contributed by atoms with E-state index in [1.807, 2.05) is 0 Å². The van der Waals surface area contributed by atoms with Crippen LogP contribution < -0.4 is 16.0 Å². The van der Waals surface area contributed by atoms with Gasteiger partial charge < -0.3 is 20.7 Å². The number of rotatable bonds is 4. The number of amides is 2. The van der Waals surface area contributed by atoms with Crippen molar-refractivity contribution >= 4 is 34.8 Å². The van der Waals surface area contributed by atoms with Crippen molar-refractivity contribution < 1.29 is 14.3 Å². The molecule has 0 aliphatic carbocycles. The second-order valence-electron chi connectivity index (χ2n) is 4.85. The first-order valence-corrected chi connectivity index (χ1v) is 7.10. The normalized spacial score (nSPS) is 18.1. The summed E-state index contributed by atoms with van der Waals surface area (Å²) in [5.41, 5.74) is 1.06. The number of anilines is 2. The average molecular weight is 312 g/mol. The molecule has 1 aromatic rings. The van der Waals surface area contributed by atoms with Gasteiger partial charge in [-0.25, -0.2) is 0 Å². The largest absolute Gasteiger partial charge is 0.378 e. The number of morpholine rings is 1. The van der Waals surface area contributed by atoms with Crippen LogP contribution >= 0.6 is 11.6 Å². The van der Waals surface area contributed by atoms with E-state index in [-0.39, 0.29) is 17.9 Å². The zero-order valence-corrected chi connectivity index (χ0v) is 12.5. The van der Waals surface area contributed by atoms with Gasteiger partial charge in [-0.05, 0) is 18.2 Å². The Hall–Kier alpha value is -1.63. The van der Waals surface area contributed by atoms with E-state index >= 15 is 0 Å². The third kappa shape index (κ3) is 5.00. The first kappa shape index (κ1) is 15.8. The Kier molecular flexibility index (Phi) is 5.55. The fourth-order valence-electron chi connectivity index (χ4n) is 2.08. The molecular formula is C14H18ClN3O3. The molecule has 1 atom stereocenters. The predicted molar refractivity (Wildman–Crippen MR) is 81.6 cm³/mol. The molecule has 1 aromatic carbocycles. The lowest BCUT2D eigenvalue weighted by Gasteiger charge is -2.23. The Morgan fingerprint density at radius 2 is 2.24 bits per heavy atom. The van der Waals surface area contributed by atoms with Crippen molar-refractivity contribution in [2.75, 3.05) is 30.4 Å². The van der Waals surface area contributed by atoms with E-state index in [1.165, 1.54) is 6.92 Å². The maximum absolute atomic E-state index is 12.0. The summed E-state index contributed by atoms with van der Waals surface area (Å²) in [6, 6.07) is 4.95.